The number of hydrogen-bond acceptors (Lipinski definition) is 2. The summed E-state index contributed by atoms with van der Waals surface area (Å²) in [5.74, 6) is -0.274. The number of esters is 1. The summed E-state index contributed by atoms with van der Waals surface area (Å²) >= 11 is 0. The van der Waals surface area contributed by atoms with Crippen LogP contribution in [-0.4, -0.2) is 12.6 Å². The predicted octanol–water partition coefficient (Wildman–Crippen LogP) is 5.36. The van der Waals surface area contributed by atoms with E-state index >= 15 is 0 Å². The number of carbonyl (C=O) groups is 1. The second-order valence-electron chi connectivity index (χ2n) is 7.39. The average molecular weight is 425 g/mol. The molecule has 0 aliphatic rings. The van der Waals surface area contributed by atoms with E-state index in [1.54, 1.807) is 0 Å². The normalized spacial score (nSPS) is 11.1. The first kappa shape index (κ1) is 21.0. The summed E-state index contributed by atoms with van der Waals surface area (Å²) in [4.78, 5) is 12.1. The summed E-state index contributed by atoms with van der Waals surface area (Å²) in [6.07, 6.45) is 0.883. The summed E-state index contributed by atoms with van der Waals surface area (Å²) < 4.78 is 5.14. The van der Waals surface area contributed by atoms with Crippen LogP contribution in [0.15, 0.2) is 115 Å². The van der Waals surface area contributed by atoms with Gasteiger partial charge in [0.15, 0.2) is 0 Å². The van der Waals surface area contributed by atoms with Crippen molar-refractivity contribution in [2.45, 2.75) is 13.1 Å². The van der Waals surface area contributed by atoms with Gasteiger partial charge in [-0.25, -0.2) is 4.79 Å². The molecule has 0 aromatic heterocycles. The van der Waals surface area contributed by atoms with E-state index in [2.05, 4.69) is 103 Å². The van der Waals surface area contributed by atoms with E-state index in [1.165, 1.54) is 21.5 Å². The van der Waals surface area contributed by atoms with Crippen LogP contribution < -0.4 is 15.9 Å². The van der Waals surface area contributed by atoms with Crippen LogP contribution in [0.1, 0.15) is 22.8 Å². The van der Waals surface area contributed by atoms with Gasteiger partial charge < -0.3 is 4.74 Å². The molecule has 0 saturated heterocycles. The standard InChI is InChI=1S/C28H26O2P/c1-2-30-28(29)24-20-18-23(19-21-24)22-31(25-12-6-3-7-13-25,26-14-8-4-9-15-26)27-16-10-5-11-17-27/h3-21H,2,22H2,1H3/q+1. The molecule has 0 bridgehead atoms. The lowest BCUT2D eigenvalue weighted by Gasteiger charge is -2.27. The number of carbonyl (C=O) groups excluding carboxylic acids is 1. The topological polar surface area (TPSA) is 26.3 Å². The van der Waals surface area contributed by atoms with Crippen LogP contribution in [0.4, 0.5) is 0 Å². The van der Waals surface area contributed by atoms with E-state index in [9.17, 15) is 4.79 Å². The highest BCUT2D eigenvalue weighted by molar-refractivity contribution is 7.95. The zero-order valence-electron chi connectivity index (χ0n) is 17.6. The molecule has 0 aliphatic carbocycles. The molecule has 2 nitrogen and oxygen atoms in total. The van der Waals surface area contributed by atoms with Crippen LogP contribution in [0.25, 0.3) is 0 Å². The Morgan fingerprint density at radius 1 is 0.645 bits per heavy atom. The Balaban J connectivity index is 1.86. The van der Waals surface area contributed by atoms with E-state index in [0.717, 1.165) is 6.16 Å². The minimum atomic E-state index is -1.94. The van der Waals surface area contributed by atoms with Gasteiger partial charge in [-0.05, 0) is 61.0 Å². The quantitative estimate of drug-likeness (QED) is 0.294. The third-order valence-electron chi connectivity index (χ3n) is 5.48. The molecular weight excluding hydrogens is 399 g/mol. The Bertz CT molecular complexity index is 1010. The first-order valence-electron chi connectivity index (χ1n) is 10.5. The average Bonchev–Trinajstić information content (AvgIpc) is 2.85. The molecule has 0 spiro atoms. The van der Waals surface area contributed by atoms with E-state index < -0.39 is 7.26 Å². The number of rotatable bonds is 7. The summed E-state index contributed by atoms with van der Waals surface area (Å²) in [5, 5.41) is 4.05. The third kappa shape index (κ3) is 4.45. The van der Waals surface area contributed by atoms with Gasteiger partial charge >= 0.3 is 5.97 Å². The molecule has 0 unspecified atom stereocenters. The predicted molar refractivity (Wildman–Crippen MR) is 131 cm³/mol. The minimum absolute atomic E-state index is 0.274. The van der Waals surface area contributed by atoms with Crippen molar-refractivity contribution in [1.29, 1.82) is 0 Å². The molecule has 0 aliphatic heterocycles. The van der Waals surface area contributed by atoms with Gasteiger partial charge in [0.1, 0.15) is 23.2 Å². The monoisotopic (exact) mass is 425 g/mol. The van der Waals surface area contributed by atoms with Gasteiger partial charge in [-0.2, -0.15) is 0 Å². The van der Waals surface area contributed by atoms with Crippen LogP contribution in [-0.2, 0) is 10.9 Å². The van der Waals surface area contributed by atoms with Crippen LogP contribution in [0, 0.1) is 0 Å². The Hall–Kier alpha value is -3.22. The molecule has 0 heterocycles. The van der Waals surface area contributed by atoms with Gasteiger partial charge in [0.25, 0.3) is 0 Å². The zero-order chi connectivity index (χ0) is 21.5. The first-order chi connectivity index (χ1) is 15.2. The lowest BCUT2D eigenvalue weighted by molar-refractivity contribution is 0.0526. The first-order valence-corrected chi connectivity index (χ1v) is 12.5. The molecule has 4 aromatic carbocycles. The van der Waals surface area contributed by atoms with Crippen LogP contribution >= 0.6 is 7.26 Å². The van der Waals surface area contributed by atoms with Crippen molar-refractivity contribution in [2.24, 2.45) is 0 Å². The molecule has 0 N–H and O–H groups in total. The smallest absolute Gasteiger partial charge is 0.338 e. The molecule has 0 radical (unpaired) electrons. The van der Waals surface area contributed by atoms with Gasteiger partial charge in [-0.1, -0.05) is 66.7 Å². The zero-order valence-corrected chi connectivity index (χ0v) is 18.5. The molecule has 154 valence electrons. The van der Waals surface area contributed by atoms with Crippen molar-refractivity contribution < 1.29 is 9.53 Å². The minimum Gasteiger partial charge on any atom is -0.462 e. The maximum Gasteiger partial charge on any atom is 0.338 e. The van der Waals surface area contributed by atoms with E-state index in [0.29, 0.717) is 12.2 Å². The van der Waals surface area contributed by atoms with E-state index in [1.807, 2.05) is 19.1 Å². The molecule has 0 amide bonds. The van der Waals surface area contributed by atoms with Gasteiger partial charge in [0, 0.05) is 0 Å². The number of benzene rings is 4. The number of ether oxygens (including phenoxy) is 1. The highest BCUT2D eigenvalue weighted by atomic mass is 31.2. The second-order valence-corrected chi connectivity index (χ2v) is 10.9. The van der Waals surface area contributed by atoms with Gasteiger partial charge in [-0.15, -0.1) is 0 Å². The maximum absolute atomic E-state index is 12.1. The molecular formula is C28H26O2P+. The van der Waals surface area contributed by atoms with Crippen LogP contribution in [0.3, 0.4) is 0 Å². The summed E-state index contributed by atoms with van der Waals surface area (Å²) in [6.45, 7) is 2.20. The Kier molecular flexibility index (Phi) is 6.60. The third-order valence-corrected chi connectivity index (χ3v) is 9.85. The second kappa shape index (κ2) is 9.73. The fourth-order valence-corrected chi connectivity index (χ4v) is 8.25. The molecule has 0 atom stereocenters. The number of hydrogen-bond donors (Lipinski definition) is 0. The van der Waals surface area contributed by atoms with Crippen LogP contribution in [0.2, 0.25) is 0 Å². The Morgan fingerprint density at radius 3 is 1.45 bits per heavy atom. The summed E-state index contributed by atoms with van der Waals surface area (Å²) in [5.41, 5.74) is 1.80. The van der Waals surface area contributed by atoms with Crippen molar-refractivity contribution in [1.82, 2.24) is 0 Å². The van der Waals surface area contributed by atoms with E-state index in [-0.39, 0.29) is 5.97 Å². The fourth-order valence-electron chi connectivity index (χ4n) is 4.00. The van der Waals surface area contributed by atoms with Crippen molar-refractivity contribution in [3.05, 3.63) is 126 Å². The van der Waals surface area contributed by atoms with Gasteiger partial charge in [-0.3, -0.25) is 0 Å². The maximum atomic E-state index is 12.1. The SMILES string of the molecule is CCOC(=O)c1ccc(C[P+](c2ccccc2)(c2ccccc2)c2ccccc2)cc1. The summed E-state index contributed by atoms with van der Waals surface area (Å²) in [7, 11) is -1.94. The van der Waals surface area contributed by atoms with E-state index in [4.69, 9.17) is 4.74 Å². The highest BCUT2D eigenvalue weighted by Crippen LogP contribution is 2.58. The Morgan fingerprint density at radius 2 is 1.06 bits per heavy atom. The van der Waals surface area contributed by atoms with Gasteiger partial charge in [0.2, 0.25) is 0 Å². The lowest BCUT2D eigenvalue weighted by atomic mass is 10.1. The molecule has 3 heteroatoms. The fraction of sp³-hybridized carbons (Fsp3) is 0.107. The van der Waals surface area contributed by atoms with Crippen molar-refractivity contribution >= 4 is 29.1 Å². The molecule has 0 saturated carbocycles. The van der Waals surface area contributed by atoms with Crippen LogP contribution in [0.5, 0.6) is 0 Å². The molecule has 4 rings (SSSR count). The van der Waals surface area contributed by atoms with Crippen molar-refractivity contribution in [3.8, 4) is 0 Å². The molecule has 0 fully saturated rings. The van der Waals surface area contributed by atoms with Crippen molar-refractivity contribution in [2.75, 3.05) is 6.61 Å². The lowest BCUT2D eigenvalue weighted by Crippen LogP contribution is -2.32. The largest absolute Gasteiger partial charge is 0.462 e. The van der Waals surface area contributed by atoms with Crippen molar-refractivity contribution in [3.63, 3.8) is 0 Å². The summed E-state index contributed by atoms with van der Waals surface area (Å²) in [6, 6.07) is 40.4. The molecule has 4 aromatic rings. The Labute approximate surface area is 184 Å². The molecule has 31 heavy (non-hydrogen) atoms. The van der Waals surface area contributed by atoms with Gasteiger partial charge in [0.05, 0.1) is 18.3 Å². The highest BCUT2D eigenvalue weighted by Gasteiger charge is 2.45.